The molecule has 0 aliphatic carbocycles. The summed E-state index contributed by atoms with van der Waals surface area (Å²) in [6, 6.07) is 6.41. The molecule has 0 saturated carbocycles. The van der Waals surface area contributed by atoms with Crippen LogP contribution in [-0.2, 0) is 6.54 Å². The Morgan fingerprint density at radius 3 is 2.46 bits per heavy atom. The van der Waals surface area contributed by atoms with Crippen molar-refractivity contribution in [3.8, 4) is 5.75 Å². The van der Waals surface area contributed by atoms with Crippen LogP contribution in [0.25, 0.3) is 0 Å². The summed E-state index contributed by atoms with van der Waals surface area (Å²) in [5, 5.41) is 5.25. The van der Waals surface area contributed by atoms with E-state index in [4.69, 9.17) is 16.3 Å². The standard InChI is InChI=1S/C20H27ClN4O/c1-14-6-7-18(12-19(14)26-5)24-10-8-23(9-11-24)15(2)13-25-17(4)20(21)16(3)22-25/h6-7,12H,2,8-11,13H2,1,3-5H3. The topological polar surface area (TPSA) is 33.5 Å². The molecule has 0 bridgehead atoms. The van der Waals surface area contributed by atoms with Crippen LogP contribution in [0.15, 0.2) is 30.5 Å². The minimum atomic E-state index is 0.678. The van der Waals surface area contributed by atoms with Crippen molar-refractivity contribution in [3.05, 3.63) is 52.4 Å². The second-order valence-corrected chi connectivity index (χ2v) is 7.21. The van der Waals surface area contributed by atoms with E-state index >= 15 is 0 Å². The smallest absolute Gasteiger partial charge is 0.123 e. The van der Waals surface area contributed by atoms with Crippen LogP contribution in [-0.4, -0.2) is 48.0 Å². The summed E-state index contributed by atoms with van der Waals surface area (Å²) in [6.07, 6.45) is 0. The molecule has 3 rings (SSSR count). The molecule has 0 amide bonds. The highest BCUT2D eigenvalue weighted by atomic mass is 35.5. The number of hydrogen-bond donors (Lipinski definition) is 0. The molecule has 1 aliphatic rings. The largest absolute Gasteiger partial charge is 0.496 e. The molecule has 1 aromatic carbocycles. The zero-order valence-corrected chi connectivity index (χ0v) is 16.8. The van der Waals surface area contributed by atoms with Gasteiger partial charge in [0, 0.05) is 43.6 Å². The van der Waals surface area contributed by atoms with E-state index in [0.717, 1.165) is 59.6 Å². The van der Waals surface area contributed by atoms with Gasteiger partial charge in [-0.25, -0.2) is 0 Å². The van der Waals surface area contributed by atoms with Crippen LogP contribution in [0.3, 0.4) is 0 Å². The highest BCUT2D eigenvalue weighted by Gasteiger charge is 2.20. The third-order valence-corrected chi connectivity index (χ3v) is 5.66. The van der Waals surface area contributed by atoms with Crippen molar-refractivity contribution in [2.24, 2.45) is 0 Å². The summed E-state index contributed by atoms with van der Waals surface area (Å²) in [4.78, 5) is 4.73. The number of halogens is 1. The maximum absolute atomic E-state index is 6.25. The first-order valence-corrected chi connectivity index (χ1v) is 9.30. The number of allylic oxidation sites excluding steroid dienone is 1. The van der Waals surface area contributed by atoms with Gasteiger partial charge in [-0.05, 0) is 32.4 Å². The summed E-state index contributed by atoms with van der Waals surface area (Å²) in [6.45, 7) is 14.8. The third kappa shape index (κ3) is 3.68. The maximum atomic E-state index is 6.25. The Hall–Kier alpha value is -2.14. The zero-order valence-electron chi connectivity index (χ0n) is 16.0. The second kappa shape index (κ2) is 7.62. The lowest BCUT2D eigenvalue weighted by atomic mass is 10.1. The van der Waals surface area contributed by atoms with Gasteiger partial charge >= 0.3 is 0 Å². The first kappa shape index (κ1) is 18.6. The monoisotopic (exact) mass is 374 g/mol. The molecule has 1 saturated heterocycles. The number of ether oxygens (including phenoxy) is 1. The van der Waals surface area contributed by atoms with E-state index in [1.165, 1.54) is 5.69 Å². The number of aryl methyl sites for hydroxylation is 2. The lowest BCUT2D eigenvalue weighted by molar-refractivity contribution is 0.303. The molecule has 0 radical (unpaired) electrons. The lowest BCUT2D eigenvalue weighted by Crippen LogP contribution is -2.46. The van der Waals surface area contributed by atoms with Gasteiger partial charge in [-0.1, -0.05) is 24.2 Å². The minimum absolute atomic E-state index is 0.678. The molecule has 0 unspecified atom stereocenters. The van der Waals surface area contributed by atoms with Crippen molar-refractivity contribution in [2.45, 2.75) is 27.3 Å². The van der Waals surface area contributed by atoms with Crippen LogP contribution in [0.5, 0.6) is 5.75 Å². The Morgan fingerprint density at radius 1 is 1.19 bits per heavy atom. The van der Waals surface area contributed by atoms with Crippen molar-refractivity contribution in [1.29, 1.82) is 0 Å². The molecular weight excluding hydrogens is 348 g/mol. The lowest BCUT2D eigenvalue weighted by Gasteiger charge is -2.38. The molecule has 6 heteroatoms. The van der Waals surface area contributed by atoms with E-state index < -0.39 is 0 Å². The molecule has 5 nitrogen and oxygen atoms in total. The molecule has 1 aliphatic heterocycles. The molecule has 2 heterocycles. The molecule has 0 spiro atoms. The Bertz CT molecular complexity index is 806. The molecule has 1 aromatic heterocycles. The summed E-state index contributed by atoms with van der Waals surface area (Å²) < 4.78 is 7.39. The normalized spacial score (nSPS) is 14.7. The second-order valence-electron chi connectivity index (χ2n) is 6.84. The SMILES string of the molecule is C=C(Cn1nc(C)c(Cl)c1C)N1CCN(c2ccc(C)c(OC)c2)CC1. The van der Waals surface area contributed by atoms with Crippen molar-refractivity contribution in [1.82, 2.24) is 14.7 Å². The maximum Gasteiger partial charge on any atom is 0.123 e. The number of benzene rings is 1. The number of piperazine rings is 1. The highest BCUT2D eigenvalue weighted by Crippen LogP contribution is 2.26. The van der Waals surface area contributed by atoms with Gasteiger partial charge in [-0.2, -0.15) is 5.10 Å². The molecule has 26 heavy (non-hydrogen) atoms. The van der Waals surface area contributed by atoms with Gasteiger partial charge < -0.3 is 14.5 Å². The molecule has 1 fully saturated rings. The fourth-order valence-electron chi connectivity index (χ4n) is 3.39. The fraction of sp³-hybridized carbons (Fsp3) is 0.450. The van der Waals surface area contributed by atoms with Gasteiger partial charge in [0.05, 0.1) is 30.1 Å². The van der Waals surface area contributed by atoms with E-state index in [2.05, 4.69) is 46.6 Å². The van der Waals surface area contributed by atoms with Crippen LogP contribution in [0.1, 0.15) is 17.0 Å². The van der Waals surface area contributed by atoms with Crippen LogP contribution in [0, 0.1) is 20.8 Å². The van der Waals surface area contributed by atoms with Gasteiger partial charge in [-0.3, -0.25) is 4.68 Å². The first-order chi connectivity index (χ1) is 12.4. The van der Waals surface area contributed by atoms with Crippen LogP contribution >= 0.6 is 11.6 Å². The number of anilines is 1. The Balaban J connectivity index is 1.61. The predicted molar refractivity (Wildman–Crippen MR) is 107 cm³/mol. The molecule has 140 valence electrons. The number of nitrogens with zero attached hydrogens (tertiary/aromatic N) is 4. The Kier molecular flexibility index (Phi) is 5.47. The number of aromatic nitrogens is 2. The highest BCUT2D eigenvalue weighted by molar-refractivity contribution is 6.31. The molecular formula is C20H27ClN4O. The van der Waals surface area contributed by atoms with E-state index in [1.807, 2.05) is 18.5 Å². The van der Waals surface area contributed by atoms with E-state index in [9.17, 15) is 0 Å². The van der Waals surface area contributed by atoms with Crippen LogP contribution in [0.4, 0.5) is 5.69 Å². The van der Waals surface area contributed by atoms with E-state index in [1.54, 1.807) is 7.11 Å². The predicted octanol–water partition coefficient (Wildman–Crippen LogP) is 3.81. The zero-order chi connectivity index (χ0) is 18.8. The van der Waals surface area contributed by atoms with Crippen molar-refractivity contribution < 1.29 is 4.74 Å². The number of hydrogen-bond acceptors (Lipinski definition) is 4. The van der Waals surface area contributed by atoms with Crippen molar-refractivity contribution in [3.63, 3.8) is 0 Å². The van der Waals surface area contributed by atoms with Gasteiger partial charge in [-0.15, -0.1) is 0 Å². The molecule has 0 N–H and O–H groups in total. The average Bonchev–Trinajstić information content (AvgIpc) is 2.89. The summed E-state index contributed by atoms with van der Waals surface area (Å²) in [5.74, 6) is 0.941. The third-order valence-electron chi connectivity index (χ3n) is 5.11. The summed E-state index contributed by atoms with van der Waals surface area (Å²) >= 11 is 6.25. The summed E-state index contributed by atoms with van der Waals surface area (Å²) in [7, 11) is 1.72. The number of rotatable bonds is 5. The average molecular weight is 375 g/mol. The van der Waals surface area contributed by atoms with E-state index in [-0.39, 0.29) is 0 Å². The minimum Gasteiger partial charge on any atom is -0.496 e. The van der Waals surface area contributed by atoms with Crippen molar-refractivity contribution in [2.75, 3.05) is 38.2 Å². The Morgan fingerprint density at radius 2 is 1.88 bits per heavy atom. The first-order valence-electron chi connectivity index (χ1n) is 8.92. The van der Waals surface area contributed by atoms with Gasteiger partial charge in [0.2, 0.25) is 0 Å². The van der Waals surface area contributed by atoms with Gasteiger partial charge in [0.15, 0.2) is 0 Å². The van der Waals surface area contributed by atoms with Gasteiger partial charge in [0.1, 0.15) is 5.75 Å². The van der Waals surface area contributed by atoms with Crippen LogP contribution in [0.2, 0.25) is 5.02 Å². The molecule has 0 atom stereocenters. The van der Waals surface area contributed by atoms with Crippen LogP contribution < -0.4 is 9.64 Å². The number of methoxy groups -OCH3 is 1. The van der Waals surface area contributed by atoms with E-state index in [0.29, 0.717) is 6.54 Å². The quantitative estimate of drug-likeness (QED) is 0.797. The fourth-order valence-corrected chi connectivity index (χ4v) is 3.52. The Labute approximate surface area is 160 Å². The summed E-state index contributed by atoms with van der Waals surface area (Å²) in [5.41, 5.74) is 5.31. The molecule has 2 aromatic rings. The van der Waals surface area contributed by atoms with Gasteiger partial charge in [0.25, 0.3) is 0 Å². The van der Waals surface area contributed by atoms with Crippen molar-refractivity contribution >= 4 is 17.3 Å².